The van der Waals surface area contributed by atoms with Gasteiger partial charge in [0.1, 0.15) is 0 Å². The number of hydrogen-bond donors (Lipinski definition) is 0. The molecule has 0 saturated carbocycles. The zero-order valence-electron chi connectivity index (χ0n) is 11.4. The van der Waals surface area contributed by atoms with Crippen molar-refractivity contribution in [1.82, 2.24) is 0 Å². The van der Waals surface area contributed by atoms with Gasteiger partial charge in [0.25, 0.3) is 0 Å². The van der Waals surface area contributed by atoms with Crippen molar-refractivity contribution >= 4 is 17.7 Å². The Hall–Kier alpha value is -2.62. The van der Waals surface area contributed by atoms with Crippen LogP contribution in [0.3, 0.4) is 0 Å². The lowest BCUT2D eigenvalue weighted by Gasteiger charge is -2.30. The van der Waals surface area contributed by atoms with Crippen LogP contribution in [0.15, 0.2) is 60.5 Å². The minimum absolute atomic E-state index is 0.415. The molecule has 0 fully saturated rings. The molecule has 0 unspecified atom stereocenters. The summed E-state index contributed by atoms with van der Waals surface area (Å²) in [4.78, 5) is 23.6. The van der Waals surface area contributed by atoms with Crippen LogP contribution in [0.4, 0.5) is 0 Å². The van der Waals surface area contributed by atoms with E-state index in [1.807, 2.05) is 36.4 Å². The summed E-state index contributed by atoms with van der Waals surface area (Å²) in [5, 5.41) is 4.24. The summed E-state index contributed by atoms with van der Waals surface area (Å²) < 4.78 is 2.11. The van der Waals surface area contributed by atoms with E-state index >= 15 is 0 Å². The van der Waals surface area contributed by atoms with E-state index in [9.17, 15) is 9.59 Å². The van der Waals surface area contributed by atoms with Gasteiger partial charge in [-0.25, -0.2) is 0 Å². The Balaban J connectivity index is 2.61. The molecule has 0 radical (unpaired) electrons. The van der Waals surface area contributed by atoms with Gasteiger partial charge in [-0.15, -0.1) is 0 Å². The fraction of sp³-hybridized carbons (Fsp3) is 0.125. The minimum Gasteiger partial charge on any atom is -0.660 e. The fourth-order valence-electron chi connectivity index (χ4n) is 1.95. The molecular weight excluding hydrogens is 254 g/mol. The molecule has 1 aromatic carbocycles. The molecule has 1 aliphatic rings. The monoisotopic (exact) mass is 269 g/mol. The largest absolute Gasteiger partial charge is 0.660 e. The maximum atomic E-state index is 11.8. The number of hydrogen-bond acceptors (Lipinski definition) is 2. The lowest BCUT2D eigenvalue weighted by molar-refractivity contribution is -0.175. The van der Waals surface area contributed by atoms with Crippen molar-refractivity contribution in [3.05, 3.63) is 71.3 Å². The second-order valence-electron chi connectivity index (χ2n) is 4.20. The molecule has 1 aromatic rings. The smallest absolute Gasteiger partial charge is 0.447 e. The van der Waals surface area contributed by atoms with Gasteiger partial charge in [0, 0.05) is 5.56 Å². The minimum atomic E-state index is -0.415. The van der Waals surface area contributed by atoms with Crippen LogP contribution >= 0.6 is 0 Å². The molecule has 0 aromatic heterocycles. The third-order valence-corrected chi connectivity index (χ3v) is 2.71. The van der Waals surface area contributed by atoms with Crippen LogP contribution in [-0.4, -0.2) is 11.9 Å². The lowest BCUT2D eigenvalue weighted by Crippen LogP contribution is -2.24. The van der Waals surface area contributed by atoms with E-state index in [2.05, 4.69) is 9.68 Å². The van der Waals surface area contributed by atoms with Crippen molar-refractivity contribution in [3.8, 4) is 0 Å². The summed E-state index contributed by atoms with van der Waals surface area (Å²) >= 11 is 0. The summed E-state index contributed by atoms with van der Waals surface area (Å²) in [6.07, 6.45) is 6.97. The van der Waals surface area contributed by atoms with Crippen LogP contribution in [0.25, 0.3) is 11.1 Å². The first-order chi connectivity index (χ1) is 9.61. The average Bonchev–Trinajstić information content (AvgIpc) is 2.45. The number of allylic oxidation sites excluding steroid dienone is 3. The molecule has 0 N–H and O–H groups in total. The van der Waals surface area contributed by atoms with Crippen molar-refractivity contribution in [1.29, 1.82) is 0 Å². The molecule has 0 spiro atoms. The number of rotatable bonds is 2. The number of benzene rings is 1. The van der Waals surface area contributed by atoms with Gasteiger partial charge in [-0.3, -0.25) is 0 Å². The second-order valence-corrected chi connectivity index (χ2v) is 4.20. The molecule has 4 heteroatoms. The normalized spacial score (nSPS) is 15.5. The first-order valence-electron chi connectivity index (χ1n) is 6.20. The topological polar surface area (TPSA) is 50.9 Å². The highest BCUT2D eigenvalue weighted by Crippen LogP contribution is 2.32. The predicted molar refractivity (Wildman–Crippen MR) is 77.4 cm³/mol. The van der Waals surface area contributed by atoms with Gasteiger partial charge in [-0.1, -0.05) is 51.7 Å². The first-order valence-corrected chi connectivity index (χ1v) is 6.20. The molecule has 0 saturated heterocycles. The van der Waals surface area contributed by atoms with Gasteiger partial charge in [-0.05, 0) is 12.1 Å². The van der Waals surface area contributed by atoms with Gasteiger partial charge in [0.15, 0.2) is 5.76 Å². The highest BCUT2D eigenvalue weighted by molar-refractivity contribution is 5.95. The van der Waals surface area contributed by atoms with E-state index in [-0.39, 0.29) is 0 Å². The fourth-order valence-corrected chi connectivity index (χ4v) is 1.95. The SMILES string of the molecule is CC(=O)[O+](C(C)=O)/C(=C1/C=CC=C[N-]1)c1ccccc1. The summed E-state index contributed by atoms with van der Waals surface area (Å²) in [6.45, 7) is 2.66. The third-order valence-electron chi connectivity index (χ3n) is 2.71. The highest BCUT2D eigenvalue weighted by Gasteiger charge is 2.26. The van der Waals surface area contributed by atoms with Crippen molar-refractivity contribution in [3.63, 3.8) is 0 Å². The number of nitrogens with zero attached hydrogens (tertiary/aromatic N) is 1. The molecule has 0 atom stereocenters. The Kier molecular flexibility index (Phi) is 4.15. The van der Waals surface area contributed by atoms with Crippen LogP contribution in [0.2, 0.25) is 0 Å². The first kappa shape index (κ1) is 13.8. The second kappa shape index (κ2) is 6.02. The molecule has 1 heterocycles. The summed E-state index contributed by atoms with van der Waals surface area (Å²) in [5.41, 5.74) is 1.29. The van der Waals surface area contributed by atoms with Gasteiger partial charge >= 0.3 is 11.9 Å². The molecule has 0 aliphatic carbocycles. The Labute approximate surface area is 117 Å². The molecule has 0 bridgehead atoms. The molecule has 2 rings (SSSR count). The maximum Gasteiger partial charge on any atom is 0.447 e. The van der Waals surface area contributed by atoms with Crippen LogP contribution in [-0.2, 0) is 14.0 Å². The number of carbonyl (C=O) groups is 2. The van der Waals surface area contributed by atoms with Crippen molar-refractivity contribution in [2.75, 3.05) is 0 Å². The van der Waals surface area contributed by atoms with Gasteiger partial charge in [0.05, 0.1) is 13.8 Å². The van der Waals surface area contributed by atoms with E-state index in [0.717, 1.165) is 5.56 Å². The van der Waals surface area contributed by atoms with Crippen molar-refractivity contribution in [2.45, 2.75) is 13.8 Å². The summed E-state index contributed by atoms with van der Waals surface area (Å²) in [7, 11) is 0. The average molecular weight is 269 g/mol. The Morgan fingerprint density at radius 2 is 1.65 bits per heavy atom. The molecule has 102 valence electrons. The predicted octanol–water partition coefficient (Wildman–Crippen LogP) is 3.46. The quantitative estimate of drug-likeness (QED) is 0.357. The molecule has 4 nitrogen and oxygen atoms in total. The standard InChI is InChI=1S/C16H15NO3/c1-12(18)20(13(2)19)16(14-8-4-3-5-9-14)15-10-6-7-11-17-15/h3-11H,1-2H3/b16-15-. The van der Waals surface area contributed by atoms with Gasteiger partial charge in [0.2, 0.25) is 0 Å². The van der Waals surface area contributed by atoms with Crippen LogP contribution in [0.1, 0.15) is 19.4 Å². The summed E-state index contributed by atoms with van der Waals surface area (Å²) in [6, 6.07) is 9.22. The van der Waals surface area contributed by atoms with E-state index in [1.54, 1.807) is 18.4 Å². The summed E-state index contributed by atoms with van der Waals surface area (Å²) in [5.74, 6) is -0.407. The Morgan fingerprint density at radius 3 is 2.15 bits per heavy atom. The zero-order valence-corrected chi connectivity index (χ0v) is 11.4. The Morgan fingerprint density at radius 1 is 1.00 bits per heavy atom. The van der Waals surface area contributed by atoms with Crippen LogP contribution in [0, 0.1) is 0 Å². The van der Waals surface area contributed by atoms with Crippen LogP contribution in [0.5, 0.6) is 0 Å². The number of carbonyl (C=O) groups excluding carboxylic acids is 2. The Bertz CT molecular complexity index is 598. The zero-order chi connectivity index (χ0) is 14.5. The van der Waals surface area contributed by atoms with Crippen molar-refractivity contribution < 1.29 is 14.0 Å². The van der Waals surface area contributed by atoms with Gasteiger partial charge in [-0.2, -0.15) is 6.20 Å². The van der Waals surface area contributed by atoms with E-state index in [1.165, 1.54) is 13.8 Å². The van der Waals surface area contributed by atoms with Crippen molar-refractivity contribution in [2.24, 2.45) is 0 Å². The third kappa shape index (κ3) is 2.85. The molecule has 0 amide bonds. The van der Waals surface area contributed by atoms with E-state index < -0.39 is 11.9 Å². The highest BCUT2D eigenvalue weighted by atomic mass is 16.7. The van der Waals surface area contributed by atoms with Crippen LogP contribution < -0.4 is 0 Å². The van der Waals surface area contributed by atoms with Gasteiger partial charge < -0.3 is 9.68 Å². The maximum absolute atomic E-state index is 11.8. The van der Waals surface area contributed by atoms with E-state index in [0.29, 0.717) is 11.5 Å². The molecular formula is C16H15NO3. The molecule has 1 aliphatic heterocycles. The lowest BCUT2D eigenvalue weighted by atomic mass is 10.1. The van der Waals surface area contributed by atoms with E-state index in [4.69, 9.17) is 0 Å². The molecule has 20 heavy (non-hydrogen) atoms.